The molecule has 0 unspecified atom stereocenters. The van der Waals surface area contributed by atoms with E-state index in [1.165, 1.54) is 0 Å². The Labute approximate surface area is 177 Å². The molecule has 154 valence electrons. The van der Waals surface area contributed by atoms with Gasteiger partial charge in [-0.15, -0.1) is 0 Å². The van der Waals surface area contributed by atoms with Gasteiger partial charge in [0.05, 0.1) is 25.9 Å². The van der Waals surface area contributed by atoms with E-state index in [9.17, 15) is 4.79 Å². The Morgan fingerprint density at radius 1 is 0.767 bits per heavy atom. The minimum absolute atomic E-state index is 0.0549. The Bertz CT molecular complexity index is 912. The summed E-state index contributed by atoms with van der Waals surface area (Å²) in [6.45, 7) is 1.13. The van der Waals surface area contributed by atoms with Crippen molar-refractivity contribution in [3.63, 3.8) is 0 Å². The predicted octanol–water partition coefficient (Wildman–Crippen LogP) is 4.89. The molecule has 1 aliphatic heterocycles. The van der Waals surface area contributed by atoms with E-state index in [1.54, 1.807) is 0 Å². The lowest BCUT2D eigenvalue weighted by atomic mass is 9.95. The Hall–Kier alpha value is -2.79. The number of hydrogen-bond donors (Lipinski definition) is 0. The lowest BCUT2D eigenvalue weighted by Crippen LogP contribution is -2.46. The molecule has 0 radical (unpaired) electrons. The summed E-state index contributed by atoms with van der Waals surface area (Å²) in [5.41, 5.74) is 3.11. The van der Waals surface area contributed by atoms with Crippen molar-refractivity contribution in [3.8, 4) is 0 Å². The minimum atomic E-state index is -0.638. The molecule has 1 heterocycles. The number of hydrogen-bond acceptors (Lipinski definition) is 4. The van der Waals surface area contributed by atoms with Crippen LogP contribution in [0.15, 0.2) is 91.0 Å². The SMILES string of the molecule is O=C1C[C@H](c2ccccc2)O[C@H](COCc2ccccc2)[C@H]1OCc1ccccc1. The molecule has 4 heteroatoms. The molecule has 3 atom stereocenters. The van der Waals surface area contributed by atoms with Crippen LogP contribution < -0.4 is 0 Å². The first-order chi connectivity index (χ1) is 14.8. The van der Waals surface area contributed by atoms with Gasteiger partial charge >= 0.3 is 0 Å². The lowest BCUT2D eigenvalue weighted by Gasteiger charge is -2.35. The van der Waals surface area contributed by atoms with Crippen molar-refractivity contribution in [2.75, 3.05) is 6.61 Å². The van der Waals surface area contributed by atoms with Gasteiger partial charge in [-0.25, -0.2) is 0 Å². The van der Waals surface area contributed by atoms with Crippen LogP contribution in [0.2, 0.25) is 0 Å². The smallest absolute Gasteiger partial charge is 0.167 e. The molecule has 30 heavy (non-hydrogen) atoms. The van der Waals surface area contributed by atoms with Crippen LogP contribution in [-0.4, -0.2) is 24.6 Å². The molecule has 4 rings (SSSR count). The number of rotatable bonds is 8. The third-order valence-corrected chi connectivity index (χ3v) is 5.22. The fraction of sp³-hybridized carbons (Fsp3) is 0.269. The molecule has 0 aromatic heterocycles. The Morgan fingerprint density at radius 3 is 1.97 bits per heavy atom. The quantitative estimate of drug-likeness (QED) is 0.538. The van der Waals surface area contributed by atoms with Crippen molar-refractivity contribution in [1.82, 2.24) is 0 Å². The van der Waals surface area contributed by atoms with Crippen molar-refractivity contribution >= 4 is 5.78 Å². The lowest BCUT2D eigenvalue weighted by molar-refractivity contribution is -0.179. The van der Waals surface area contributed by atoms with Crippen molar-refractivity contribution in [2.45, 2.75) is 37.9 Å². The zero-order chi connectivity index (χ0) is 20.6. The molecule has 0 saturated carbocycles. The third kappa shape index (κ3) is 5.42. The van der Waals surface area contributed by atoms with Crippen LogP contribution in [0.1, 0.15) is 29.2 Å². The zero-order valence-corrected chi connectivity index (χ0v) is 16.9. The predicted molar refractivity (Wildman–Crippen MR) is 115 cm³/mol. The maximum Gasteiger partial charge on any atom is 0.167 e. The van der Waals surface area contributed by atoms with Gasteiger partial charge in [-0.05, 0) is 16.7 Å². The molecule has 3 aromatic rings. The molecule has 1 saturated heterocycles. The van der Waals surface area contributed by atoms with E-state index in [1.807, 2.05) is 91.0 Å². The largest absolute Gasteiger partial charge is 0.374 e. The van der Waals surface area contributed by atoms with Crippen molar-refractivity contribution in [1.29, 1.82) is 0 Å². The molecule has 0 spiro atoms. The number of Topliss-reactive ketones (excluding diaryl/α,β-unsaturated/α-hetero) is 1. The highest BCUT2D eigenvalue weighted by Gasteiger charge is 2.39. The van der Waals surface area contributed by atoms with E-state index in [4.69, 9.17) is 14.2 Å². The van der Waals surface area contributed by atoms with E-state index in [-0.39, 0.29) is 11.9 Å². The van der Waals surface area contributed by atoms with Crippen LogP contribution in [0.3, 0.4) is 0 Å². The molecule has 1 fully saturated rings. The Morgan fingerprint density at radius 2 is 1.33 bits per heavy atom. The van der Waals surface area contributed by atoms with Crippen molar-refractivity contribution < 1.29 is 19.0 Å². The van der Waals surface area contributed by atoms with Crippen LogP contribution >= 0.6 is 0 Å². The molecule has 0 bridgehead atoms. The van der Waals surface area contributed by atoms with E-state index < -0.39 is 12.2 Å². The second-order valence-corrected chi connectivity index (χ2v) is 7.46. The minimum Gasteiger partial charge on any atom is -0.374 e. The van der Waals surface area contributed by atoms with Gasteiger partial charge in [0, 0.05) is 6.42 Å². The summed E-state index contributed by atoms with van der Waals surface area (Å²) >= 11 is 0. The van der Waals surface area contributed by atoms with E-state index >= 15 is 0 Å². The van der Waals surface area contributed by atoms with Gasteiger partial charge in [0.2, 0.25) is 0 Å². The molecule has 0 N–H and O–H groups in total. The normalized spacial score (nSPS) is 21.5. The van der Waals surface area contributed by atoms with Gasteiger partial charge in [0.15, 0.2) is 5.78 Å². The van der Waals surface area contributed by atoms with Gasteiger partial charge < -0.3 is 14.2 Å². The first-order valence-electron chi connectivity index (χ1n) is 10.3. The summed E-state index contributed by atoms with van der Waals surface area (Å²) in [6.07, 6.45) is -1.07. The fourth-order valence-electron chi connectivity index (χ4n) is 3.66. The summed E-state index contributed by atoms with van der Waals surface area (Å²) in [7, 11) is 0. The molecular weight excluding hydrogens is 376 g/mol. The summed E-state index contributed by atoms with van der Waals surface area (Å²) in [6, 6.07) is 29.7. The van der Waals surface area contributed by atoms with Crippen LogP contribution in [0, 0.1) is 0 Å². The topological polar surface area (TPSA) is 44.8 Å². The van der Waals surface area contributed by atoms with E-state index in [2.05, 4.69) is 0 Å². The number of ether oxygens (including phenoxy) is 3. The third-order valence-electron chi connectivity index (χ3n) is 5.22. The number of ketones is 1. The highest BCUT2D eigenvalue weighted by molar-refractivity contribution is 5.85. The second-order valence-electron chi connectivity index (χ2n) is 7.46. The van der Waals surface area contributed by atoms with Crippen molar-refractivity contribution in [2.24, 2.45) is 0 Å². The first-order valence-corrected chi connectivity index (χ1v) is 10.3. The number of carbonyl (C=O) groups is 1. The van der Waals surface area contributed by atoms with Crippen LogP contribution in [0.25, 0.3) is 0 Å². The molecule has 0 aliphatic carbocycles. The highest BCUT2D eigenvalue weighted by Crippen LogP contribution is 2.31. The molecule has 3 aromatic carbocycles. The standard InChI is InChI=1S/C26H26O4/c27-23-16-24(22-14-8-3-9-15-22)30-25(19-28-17-20-10-4-1-5-11-20)26(23)29-18-21-12-6-2-7-13-21/h1-15,24-26H,16-19H2/t24-,25-,26+/m1/s1. The Balaban J connectivity index is 1.44. The zero-order valence-electron chi connectivity index (χ0n) is 16.9. The summed E-state index contributed by atoms with van der Waals surface area (Å²) in [4.78, 5) is 13.0. The van der Waals surface area contributed by atoms with Crippen LogP contribution in [-0.2, 0) is 32.2 Å². The maximum absolute atomic E-state index is 13.0. The summed E-state index contributed by atoms with van der Waals surface area (Å²) < 4.78 is 18.3. The monoisotopic (exact) mass is 402 g/mol. The fourth-order valence-corrected chi connectivity index (χ4v) is 3.66. The molecule has 1 aliphatic rings. The maximum atomic E-state index is 13.0. The average Bonchev–Trinajstić information content (AvgIpc) is 2.80. The van der Waals surface area contributed by atoms with Crippen molar-refractivity contribution in [3.05, 3.63) is 108 Å². The summed E-state index contributed by atoms with van der Waals surface area (Å²) in [5.74, 6) is 0.0549. The molecular formula is C26H26O4. The summed E-state index contributed by atoms with van der Waals surface area (Å²) in [5, 5.41) is 0. The first kappa shape index (κ1) is 20.5. The average molecular weight is 402 g/mol. The molecule has 0 amide bonds. The van der Waals surface area contributed by atoms with Crippen LogP contribution in [0.4, 0.5) is 0 Å². The van der Waals surface area contributed by atoms with Crippen LogP contribution in [0.5, 0.6) is 0 Å². The number of carbonyl (C=O) groups excluding carboxylic acids is 1. The second kappa shape index (κ2) is 10.3. The van der Waals surface area contributed by atoms with Gasteiger partial charge in [-0.1, -0.05) is 91.0 Å². The highest BCUT2D eigenvalue weighted by atomic mass is 16.6. The van der Waals surface area contributed by atoms with Gasteiger partial charge in [-0.3, -0.25) is 4.79 Å². The Kier molecular flexibility index (Phi) is 7.03. The van der Waals surface area contributed by atoms with Gasteiger partial charge in [0.1, 0.15) is 12.2 Å². The number of benzene rings is 3. The van der Waals surface area contributed by atoms with E-state index in [0.29, 0.717) is 26.2 Å². The van der Waals surface area contributed by atoms with Gasteiger partial charge in [0.25, 0.3) is 0 Å². The van der Waals surface area contributed by atoms with E-state index in [0.717, 1.165) is 16.7 Å². The van der Waals surface area contributed by atoms with Gasteiger partial charge in [-0.2, -0.15) is 0 Å². The molecule has 4 nitrogen and oxygen atoms in total.